The Morgan fingerprint density at radius 1 is 1.12 bits per heavy atom. The van der Waals surface area contributed by atoms with Gasteiger partial charge in [0.1, 0.15) is 9.71 Å². The molecule has 0 unspecified atom stereocenters. The molecule has 1 saturated heterocycles. The lowest BCUT2D eigenvalue weighted by Gasteiger charge is -2.34. The lowest BCUT2D eigenvalue weighted by Crippen LogP contribution is -2.50. The van der Waals surface area contributed by atoms with E-state index in [1.165, 1.54) is 17.6 Å². The average molecular weight is 370 g/mol. The van der Waals surface area contributed by atoms with Crippen LogP contribution in [0, 0.1) is 6.92 Å². The van der Waals surface area contributed by atoms with Gasteiger partial charge in [-0.25, -0.2) is 4.98 Å². The van der Waals surface area contributed by atoms with E-state index in [4.69, 9.17) is 10.2 Å². The monoisotopic (exact) mass is 370 g/mol. The number of nitrogen functional groups attached to an aromatic ring is 1. The van der Waals surface area contributed by atoms with Crippen LogP contribution in [0.3, 0.4) is 0 Å². The highest BCUT2D eigenvalue weighted by molar-refractivity contribution is 7.21. The Morgan fingerprint density at radius 2 is 1.81 bits per heavy atom. The van der Waals surface area contributed by atoms with Crippen molar-refractivity contribution in [3.63, 3.8) is 0 Å². The quantitative estimate of drug-likeness (QED) is 0.748. The van der Waals surface area contributed by atoms with E-state index in [2.05, 4.69) is 4.98 Å². The SMILES string of the molecule is Cc1ccc2c(N)c(C(=O)N3CCN(C(=O)c4ccco4)CC3)sc2n1. The fourth-order valence-electron chi connectivity index (χ4n) is 3.06. The molecule has 3 aromatic rings. The maximum atomic E-state index is 12.9. The molecule has 2 amide bonds. The van der Waals surface area contributed by atoms with Gasteiger partial charge < -0.3 is 20.0 Å². The van der Waals surface area contributed by atoms with Crippen molar-refractivity contribution in [3.05, 3.63) is 46.9 Å². The largest absolute Gasteiger partial charge is 0.459 e. The molecular weight excluding hydrogens is 352 g/mol. The number of carbonyl (C=O) groups is 2. The Bertz CT molecular complexity index is 972. The van der Waals surface area contributed by atoms with E-state index in [-0.39, 0.29) is 11.8 Å². The second-order valence-corrected chi connectivity index (χ2v) is 7.21. The van der Waals surface area contributed by atoms with Crippen LogP contribution in [0.15, 0.2) is 34.9 Å². The minimum absolute atomic E-state index is 0.103. The molecule has 0 radical (unpaired) electrons. The molecule has 1 aliphatic rings. The number of fused-ring (bicyclic) bond motifs is 1. The molecular formula is C18H18N4O3S. The summed E-state index contributed by atoms with van der Waals surface area (Å²) in [5.41, 5.74) is 7.56. The van der Waals surface area contributed by atoms with Crippen LogP contribution in [0.25, 0.3) is 10.2 Å². The van der Waals surface area contributed by atoms with Gasteiger partial charge in [-0.2, -0.15) is 0 Å². The molecule has 0 saturated carbocycles. The van der Waals surface area contributed by atoms with Crippen molar-refractivity contribution >= 4 is 39.1 Å². The van der Waals surface area contributed by atoms with Gasteiger partial charge in [0, 0.05) is 37.3 Å². The third-order valence-corrected chi connectivity index (χ3v) is 5.62. The summed E-state index contributed by atoms with van der Waals surface area (Å²) in [6.07, 6.45) is 1.48. The fourth-order valence-corrected chi connectivity index (χ4v) is 4.17. The van der Waals surface area contributed by atoms with E-state index >= 15 is 0 Å². The molecule has 7 nitrogen and oxygen atoms in total. The number of nitrogens with zero attached hydrogens (tertiary/aromatic N) is 3. The van der Waals surface area contributed by atoms with E-state index in [0.29, 0.717) is 42.5 Å². The van der Waals surface area contributed by atoms with Gasteiger partial charge in [0.2, 0.25) is 0 Å². The average Bonchev–Trinajstić information content (AvgIpc) is 3.29. The zero-order valence-electron chi connectivity index (χ0n) is 14.3. The van der Waals surface area contributed by atoms with Crippen molar-refractivity contribution < 1.29 is 14.0 Å². The highest BCUT2D eigenvalue weighted by Gasteiger charge is 2.28. The first-order chi connectivity index (χ1) is 12.5. The summed E-state index contributed by atoms with van der Waals surface area (Å²) in [7, 11) is 0. The minimum Gasteiger partial charge on any atom is -0.459 e. The number of carbonyl (C=O) groups excluding carboxylic acids is 2. The van der Waals surface area contributed by atoms with Crippen LogP contribution in [0.4, 0.5) is 5.69 Å². The van der Waals surface area contributed by atoms with Gasteiger partial charge in [-0.3, -0.25) is 9.59 Å². The molecule has 0 aromatic carbocycles. The molecule has 0 aliphatic carbocycles. The van der Waals surface area contributed by atoms with E-state index < -0.39 is 0 Å². The van der Waals surface area contributed by atoms with E-state index in [0.717, 1.165) is 15.9 Å². The second-order valence-electron chi connectivity index (χ2n) is 6.21. The van der Waals surface area contributed by atoms with E-state index in [1.807, 2.05) is 19.1 Å². The fraction of sp³-hybridized carbons (Fsp3) is 0.278. The van der Waals surface area contributed by atoms with Crippen LogP contribution in [0.1, 0.15) is 25.9 Å². The van der Waals surface area contributed by atoms with Crippen molar-refractivity contribution in [2.24, 2.45) is 0 Å². The minimum atomic E-state index is -0.150. The number of rotatable bonds is 2. The Hall–Kier alpha value is -2.87. The number of hydrogen-bond donors (Lipinski definition) is 1. The molecule has 1 aliphatic heterocycles. The van der Waals surface area contributed by atoms with Crippen molar-refractivity contribution in [1.82, 2.24) is 14.8 Å². The molecule has 0 spiro atoms. The summed E-state index contributed by atoms with van der Waals surface area (Å²) in [4.78, 5) is 34.4. The Kier molecular flexibility index (Phi) is 4.12. The number of thiophene rings is 1. The number of amides is 2. The standard InChI is InChI=1S/C18H18N4O3S/c1-11-4-5-12-14(19)15(26-16(12)20-11)18(24)22-8-6-21(7-9-22)17(23)13-3-2-10-25-13/h2-5,10H,6-9,19H2,1H3. The van der Waals surface area contributed by atoms with Gasteiger partial charge in [0.05, 0.1) is 12.0 Å². The highest BCUT2D eigenvalue weighted by atomic mass is 32.1. The summed E-state index contributed by atoms with van der Waals surface area (Å²) in [6, 6.07) is 7.12. The van der Waals surface area contributed by atoms with Crippen LogP contribution >= 0.6 is 11.3 Å². The maximum Gasteiger partial charge on any atom is 0.289 e. The molecule has 2 N–H and O–H groups in total. The number of furan rings is 1. The summed E-state index contributed by atoms with van der Waals surface area (Å²) >= 11 is 1.32. The van der Waals surface area contributed by atoms with Gasteiger partial charge in [-0.15, -0.1) is 11.3 Å². The van der Waals surface area contributed by atoms with Crippen LogP contribution in [0.5, 0.6) is 0 Å². The van der Waals surface area contributed by atoms with Crippen molar-refractivity contribution in [3.8, 4) is 0 Å². The molecule has 4 heterocycles. The molecule has 4 rings (SSSR count). The van der Waals surface area contributed by atoms with Crippen molar-refractivity contribution in [2.75, 3.05) is 31.9 Å². The van der Waals surface area contributed by atoms with E-state index in [1.54, 1.807) is 21.9 Å². The van der Waals surface area contributed by atoms with Gasteiger partial charge in [-0.05, 0) is 31.2 Å². The van der Waals surface area contributed by atoms with Crippen molar-refractivity contribution in [1.29, 1.82) is 0 Å². The molecule has 26 heavy (non-hydrogen) atoms. The Balaban J connectivity index is 1.49. The van der Waals surface area contributed by atoms with Crippen molar-refractivity contribution in [2.45, 2.75) is 6.92 Å². The lowest BCUT2D eigenvalue weighted by molar-refractivity contribution is 0.0521. The van der Waals surface area contributed by atoms with Crippen LogP contribution in [0.2, 0.25) is 0 Å². The molecule has 1 fully saturated rings. The predicted molar refractivity (Wildman–Crippen MR) is 99.3 cm³/mol. The van der Waals surface area contributed by atoms with Crippen LogP contribution in [-0.2, 0) is 0 Å². The molecule has 3 aromatic heterocycles. The first-order valence-electron chi connectivity index (χ1n) is 8.32. The Morgan fingerprint density at radius 3 is 2.46 bits per heavy atom. The summed E-state index contributed by atoms with van der Waals surface area (Å²) < 4.78 is 5.16. The number of aryl methyl sites for hydroxylation is 1. The van der Waals surface area contributed by atoms with Gasteiger partial charge in [-0.1, -0.05) is 0 Å². The third-order valence-electron chi connectivity index (χ3n) is 4.51. The Labute approximate surface area is 154 Å². The van der Waals surface area contributed by atoms with Crippen LogP contribution < -0.4 is 5.73 Å². The molecule has 0 atom stereocenters. The summed E-state index contributed by atoms with van der Waals surface area (Å²) in [6.45, 7) is 3.77. The van der Waals surface area contributed by atoms with Crippen LogP contribution in [-0.4, -0.2) is 52.8 Å². The molecule has 0 bridgehead atoms. The highest BCUT2D eigenvalue weighted by Crippen LogP contribution is 2.33. The van der Waals surface area contributed by atoms with Gasteiger partial charge >= 0.3 is 0 Å². The van der Waals surface area contributed by atoms with E-state index in [9.17, 15) is 9.59 Å². The zero-order chi connectivity index (χ0) is 18.3. The number of pyridine rings is 1. The predicted octanol–water partition coefficient (Wildman–Crippen LogP) is 2.38. The lowest BCUT2D eigenvalue weighted by atomic mass is 10.2. The normalized spacial score (nSPS) is 14.8. The summed E-state index contributed by atoms with van der Waals surface area (Å²) in [5, 5.41) is 0.815. The second kappa shape index (κ2) is 6.45. The first kappa shape index (κ1) is 16.6. The first-order valence-corrected chi connectivity index (χ1v) is 9.14. The topological polar surface area (TPSA) is 92.7 Å². The smallest absolute Gasteiger partial charge is 0.289 e. The number of hydrogen-bond acceptors (Lipinski definition) is 6. The van der Waals surface area contributed by atoms with Gasteiger partial charge in [0.25, 0.3) is 11.8 Å². The van der Waals surface area contributed by atoms with Gasteiger partial charge in [0.15, 0.2) is 5.76 Å². The number of nitrogens with two attached hydrogens (primary N) is 1. The molecule has 134 valence electrons. The molecule has 8 heteroatoms. The number of anilines is 1. The maximum absolute atomic E-state index is 12.9. The number of piperazine rings is 1. The zero-order valence-corrected chi connectivity index (χ0v) is 15.1. The third kappa shape index (κ3) is 2.82. The number of aromatic nitrogens is 1. The summed E-state index contributed by atoms with van der Waals surface area (Å²) in [5.74, 6) is 0.0661.